The molecule has 1 aromatic carbocycles. The predicted octanol–water partition coefficient (Wildman–Crippen LogP) is 4.34. The number of benzene rings is 1. The first-order valence-electron chi connectivity index (χ1n) is 8.60. The van der Waals surface area contributed by atoms with E-state index in [1.807, 2.05) is 33.8 Å². The van der Waals surface area contributed by atoms with Gasteiger partial charge in [-0.25, -0.2) is 4.79 Å². The summed E-state index contributed by atoms with van der Waals surface area (Å²) in [6, 6.07) is 6.38. The van der Waals surface area contributed by atoms with E-state index < -0.39 is 5.60 Å². The zero-order valence-corrected chi connectivity index (χ0v) is 15.3. The third kappa shape index (κ3) is 3.07. The Morgan fingerprint density at radius 3 is 2.83 bits per heavy atom. The van der Waals surface area contributed by atoms with Crippen LogP contribution in [0.3, 0.4) is 0 Å². The fourth-order valence-electron chi connectivity index (χ4n) is 3.70. The Morgan fingerprint density at radius 2 is 2.17 bits per heavy atom. The third-order valence-electron chi connectivity index (χ3n) is 4.81. The molecule has 1 fully saturated rings. The van der Waals surface area contributed by atoms with Crippen molar-refractivity contribution in [1.82, 2.24) is 4.90 Å². The lowest BCUT2D eigenvalue weighted by Gasteiger charge is -2.37. The quantitative estimate of drug-likeness (QED) is 0.769. The van der Waals surface area contributed by atoms with Gasteiger partial charge in [-0.15, -0.1) is 0 Å². The highest BCUT2D eigenvalue weighted by Crippen LogP contribution is 2.45. The first-order chi connectivity index (χ1) is 11.2. The van der Waals surface area contributed by atoms with Crippen LogP contribution in [0.1, 0.15) is 57.2 Å². The lowest BCUT2D eigenvalue weighted by atomic mass is 9.80. The molecule has 3 rings (SSSR count). The number of rotatable bonds is 1. The summed E-state index contributed by atoms with van der Waals surface area (Å²) in [6.07, 6.45) is 3.91. The number of carbonyl (C=O) groups excluding carboxylic acids is 1. The van der Waals surface area contributed by atoms with Gasteiger partial charge in [0, 0.05) is 12.5 Å². The molecule has 24 heavy (non-hydrogen) atoms. The minimum atomic E-state index is -0.483. The van der Waals surface area contributed by atoms with Crippen molar-refractivity contribution in [2.45, 2.75) is 58.3 Å². The summed E-state index contributed by atoms with van der Waals surface area (Å²) < 4.78 is 11.8. The summed E-state index contributed by atoms with van der Waals surface area (Å²) in [7, 11) is 0. The van der Waals surface area contributed by atoms with Crippen molar-refractivity contribution in [3.63, 3.8) is 0 Å². The van der Waals surface area contributed by atoms with E-state index in [1.165, 1.54) is 16.7 Å². The summed E-state index contributed by atoms with van der Waals surface area (Å²) in [4.78, 5) is 14.3. The van der Waals surface area contributed by atoms with Gasteiger partial charge < -0.3 is 14.4 Å². The van der Waals surface area contributed by atoms with E-state index in [9.17, 15) is 4.79 Å². The van der Waals surface area contributed by atoms with E-state index in [4.69, 9.17) is 9.47 Å². The second kappa shape index (κ2) is 5.92. The molecular weight excluding hydrogens is 302 g/mol. The van der Waals surface area contributed by atoms with Crippen LogP contribution in [0.25, 0.3) is 6.08 Å². The zero-order valence-electron chi connectivity index (χ0n) is 15.3. The normalized spacial score (nSPS) is 26.4. The number of allylic oxidation sites excluding steroid dienone is 1. The van der Waals surface area contributed by atoms with Gasteiger partial charge in [0.1, 0.15) is 5.60 Å². The second-order valence-electron chi connectivity index (χ2n) is 7.93. The van der Waals surface area contributed by atoms with E-state index in [1.54, 1.807) is 4.90 Å². The molecule has 0 saturated carbocycles. The average Bonchev–Trinajstić information content (AvgIpc) is 2.84. The number of hydrogen-bond donors (Lipinski definition) is 0. The molecule has 4 nitrogen and oxygen atoms in total. The molecule has 0 radical (unpaired) electrons. The average molecular weight is 329 g/mol. The Bertz CT molecular complexity index is 674. The molecular formula is C20H27NO3. The van der Waals surface area contributed by atoms with E-state index in [-0.39, 0.29) is 17.6 Å². The summed E-state index contributed by atoms with van der Waals surface area (Å²) in [5, 5.41) is 0. The predicted molar refractivity (Wildman–Crippen MR) is 94.9 cm³/mol. The summed E-state index contributed by atoms with van der Waals surface area (Å²) in [5.41, 5.74) is 2.91. The zero-order chi connectivity index (χ0) is 17.5. The molecule has 0 N–H and O–H groups in total. The van der Waals surface area contributed by atoms with Crippen LogP contribution in [0, 0.1) is 0 Å². The van der Waals surface area contributed by atoms with Gasteiger partial charge in [-0.3, -0.25) is 0 Å². The van der Waals surface area contributed by atoms with E-state index in [2.05, 4.69) is 31.2 Å². The van der Waals surface area contributed by atoms with Crippen molar-refractivity contribution in [1.29, 1.82) is 0 Å². The van der Waals surface area contributed by atoms with Crippen molar-refractivity contribution in [2.75, 3.05) is 13.1 Å². The second-order valence-corrected chi connectivity index (χ2v) is 7.93. The molecule has 2 heterocycles. The van der Waals surface area contributed by atoms with Crippen molar-refractivity contribution in [2.24, 2.45) is 0 Å². The van der Waals surface area contributed by atoms with Gasteiger partial charge in [0.2, 0.25) is 0 Å². The number of amides is 1. The fourth-order valence-corrected chi connectivity index (χ4v) is 3.70. The molecule has 4 heteroatoms. The topological polar surface area (TPSA) is 38.8 Å². The summed E-state index contributed by atoms with van der Waals surface area (Å²) >= 11 is 0. The summed E-state index contributed by atoms with van der Waals surface area (Å²) in [5.74, 6) is 0.180. The largest absolute Gasteiger partial charge is 0.444 e. The molecule has 130 valence electrons. The van der Waals surface area contributed by atoms with Crippen LogP contribution in [0.15, 0.2) is 24.3 Å². The monoisotopic (exact) mass is 329 g/mol. The van der Waals surface area contributed by atoms with Gasteiger partial charge >= 0.3 is 6.09 Å². The van der Waals surface area contributed by atoms with Crippen molar-refractivity contribution in [3.8, 4) is 0 Å². The van der Waals surface area contributed by atoms with Crippen molar-refractivity contribution < 1.29 is 14.3 Å². The lowest BCUT2D eigenvalue weighted by molar-refractivity contribution is -0.0575. The first kappa shape index (κ1) is 17.0. The van der Waals surface area contributed by atoms with Gasteiger partial charge in [0.15, 0.2) is 0 Å². The standard InChI is InChI=1S/C20H27NO3/c1-6-8-14-9-7-10-15-16(14)12-23-20(5)13-21(11-17(15)20)18(22)24-19(2,3)4/h6-10,17H,11-13H2,1-5H3. The van der Waals surface area contributed by atoms with Gasteiger partial charge in [-0.05, 0) is 51.3 Å². The maximum absolute atomic E-state index is 12.5. The smallest absolute Gasteiger partial charge is 0.410 e. The number of nitrogens with zero attached hydrogens (tertiary/aromatic N) is 1. The lowest BCUT2D eigenvalue weighted by Crippen LogP contribution is -2.41. The molecule has 1 saturated heterocycles. The Hall–Kier alpha value is -1.81. The van der Waals surface area contributed by atoms with E-state index in [0.29, 0.717) is 19.7 Å². The van der Waals surface area contributed by atoms with E-state index in [0.717, 1.165) is 0 Å². The number of fused-ring (bicyclic) bond motifs is 3. The minimum absolute atomic E-state index is 0.180. The Balaban J connectivity index is 1.89. The molecule has 2 atom stereocenters. The maximum atomic E-state index is 12.5. The van der Waals surface area contributed by atoms with Crippen molar-refractivity contribution >= 4 is 12.2 Å². The Labute approximate surface area is 144 Å². The molecule has 0 spiro atoms. The molecule has 1 amide bonds. The number of hydrogen-bond acceptors (Lipinski definition) is 3. The number of carbonyl (C=O) groups is 1. The van der Waals surface area contributed by atoms with Crippen LogP contribution < -0.4 is 0 Å². The van der Waals surface area contributed by atoms with Gasteiger partial charge in [0.25, 0.3) is 0 Å². The van der Waals surface area contributed by atoms with E-state index >= 15 is 0 Å². The van der Waals surface area contributed by atoms with Crippen molar-refractivity contribution in [3.05, 3.63) is 41.0 Å². The molecule has 2 aliphatic rings. The third-order valence-corrected chi connectivity index (χ3v) is 4.81. The molecule has 0 bridgehead atoms. The molecule has 2 unspecified atom stereocenters. The van der Waals surface area contributed by atoms with Crippen LogP contribution in [-0.4, -0.2) is 35.3 Å². The molecule has 0 aromatic heterocycles. The van der Waals surface area contributed by atoms with Crippen LogP contribution in [0.2, 0.25) is 0 Å². The Kier molecular flexibility index (Phi) is 4.20. The fraction of sp³-hybridized carbons (Fsp3) is 0.550. The highest BCUT2D eigenvalue weighted by atomic mass is 16.6. The highest BCUT2D eigenvalue weighted by molar-refractivity contribution is 5.69. The maximum Gasteiger partial charge on any atom is 0.410 e. The van der Waals surface area contributed by atoms with Crippen LogP contribution in [0.5, 0.6) is 0 Å². The molecule has 1 aromatic rings. The highest BCUT2D eigenvalue weighted by Gasteiger charge is 2.50. The number of ether oxygens (including phenoxy) is 2. The van der Waals surface area contributed by atoms with Crippen LogP contribution in [-0.2, 0) is 16.1 Å². The van der Waals surface area contributed by atoms with Crippen LogP contribution >= 0.6 is 0 Å². The Morgan fingerprint density at radius 1 is 1.42 bits per heavy atom. The van der Waals surface area contributed by atoms with Gasteiger partial charge in [-0.1, -0.05) is 30.4 Å². The first-order valence-corrected chi connectivity index (χ1v) is 8.60. The number of likely N-dealkylation sites (tertiary alicyclic amines) is 1. The van der Waals surface area contributed by atoms with Gasteiger partial charge in [-0.2, -0.15) is 0 Å². The van der Waals surface area contributed by atoms with Crippen LogP contribution in [0.4, 0.5) is 4.79 Å². The summed E-state index contributed by atoms with van der Waals surface area (Å²) in [6.45, 7) is 11.6. The van der Waals surface area contributed by atoms with Gasteiger partial charge in [0.05, 0.1) is 18.8 Å². The minimum Gasteiger partial charge on any atom is -0.444 e. The molecule has 0 aliphatic carbocycles. The molecule has 2 aliphatic heterocycles. The SMILES string of the molecule is CC=Cc1cccc2c1COC1(C)CN(C(=O)OC(C)(C)C)CC21.